The lowest BCUT2D eigenvalue weighted by atomic mass is 10.1. The SMILES string of the molecule is CCCCCC(CC)P(=O)(O)O.O=C(O)CCCCC(=O)O. The van der Waals surface area contributed by atoms with Gasteiger partial charge in [-0.3, -0.25) is 14.2 Å². The summed E-state index contributed by atoms with van der Waals surface area (Å²) >= 11 is 0. The van der Waals surface area contributed by atoms with Crippen LogP contribution in [0.4, 0.5) is 0 Å². The molecule has 7 nitrogen and oxygen atoms in total. The summed E-state index contributed by atoms with van der Waals surface area (Å²) in [6.07, 6.45) is 5.35. The van der Waals surface area contributed by atoms with E-state index in [-0.39, 0.29) is 12.8 Å². The van der Waals surface area contributed by atoms with Gasteiger partial charge in [0.05, 0.1) is 5.66 Å². The number of rotatable bonds is 11. The molecule has 0 saturated carbocycles. The first-order valence-electron chi connectivity index (χ1n) is 7.63. The molecule has 0 bridgehead atoms. The highest BCUT2D eigenvalue weighted by Gasteiger charge is 2.25. The lowest BCUT2D eigenvalue weighted by Gasteiger charge is -2.15. The first-order chi connectivity index (χ1) is 10.1. The number of carboxylic acids is 2. The molecule has 0 rings (SSSR count). The van der Waals surface area contributed by atoms with Gasteiger partial charge in [0.1, 0.15) is 0 Å². The summed E-state index contributed by atoms with van der Waals surface area (Å²) in [5.74, 6) is -1.74. The molecule has 8 heteroatoms. The van der Waals surface area contributed by atoms with Crippen molar-refractivity contribution >= 4 is 19.5 Å². The lowest BCUT2D eigenvalue weighted by molar-refractivity contribution is -0.139. The summed E-state index contributed by atoms with van der Waals surface area (Å²) in [7, 11) is -3.82. The number of hydrogen-bond donors (Lipinski definition) is 4. The highest BCUT2D eigenvalue weighted by molar-refractivity contribution is 7.52. The van der Waals surface area contributed by atoms with Crippen molar-refractivity contribution in [2.24, 2.45) is 0 Å². The second-order valence-corrected chi connectivity index (χ2v) is 7.05. The summed E-state index contributed by atoms with van der Waals surface area (Å²) in [6, 6.07) is 0. The number of hydrogen-bond acceptors (Lipinski definition) is 3. The third kappa shape index (κ3) is 17.1. The van der Waals surface area contributed by atoms with Gasteiger partial charge in [-0.25, -0.2) is 0 Å². The van der Waals surface area contributed by atoms with Crippen LogP contribution in [0.15, 0.2) is 0 Å². The largest absolute Gasteiger partial charge is 0.481 e. The molecule has 0 aliphatic heterocycles. The Bertz CT molecular complexity index is 335. The molecule has 0 fully saturated rings. The van der Waals surface area contributed by atoms with Crippen LogP contribution in [0.1, 0.15) is 71.6 Å². The highest BCUT2D eigenvalue weighted by atomic mass is 31.2. The predicted molar refractivity (Wildman–Crippen MR) is 84.0 cm³/mol. The van der Waals surface area contributed by atoms with Crippen molar-refractivity contribution in [2.45, 2.75) is 77.3 Å². The fourth-order valence-electron chi connectivity index (χ4n) is 1.79. The van der Waals surface area contributed by atoms with Crippen molar-refractivity contribution in [2.75, 3.05) is 0 Å². The second kappa shape index (κ2) is 13.7. The van der Waals surface area contributed by atoms with E-state index < -0.39 is 25.2 Å². The Morgan fingerprint density at radius 2 is 1.36 bits per heavy atom. The van der Waals surface area contributed by atoms with Crippen LogP contribution >= 0.6 is 7.60 Å². The first kappa shape index (κ1) is 23.4. The van der Waals surface area contributed by atoms with Crippen molar-refractivity contribution in [1.29, 1.82) is 0 Å². The van der Waals surface area contributed by atoms with Crippen molar-refractivity contribution in [3.63, 3.8) is 0 Å². The van der Waals surface area contributed by atoms with Gasteiger partial charge in [-0.15, -0.1) is 0 Å². The molecule has 0 aliphatic rings. The van der Waals surface area contributed by atoms with E-state index in [1.807, 2.05) is 6.92 Å². The third-order valence-electron chi connectivity index (χ3n) is 3.12. The molecule has 0 aromatic carbocycles. The minimum Gasteiger partial charge on any atom is -0.481 e. The number of unbranched alkanes of at least 4 members (excludes halogenated alkanes) is 3. The zero-order valence-corrected chi connectivity index (χ0v) is 14.3. The maximum absolute atomic E-state index is 10.9. The van der Waals surface area contributed by atoms with Crippen LogP contribution in [-0.2, 0) is 14.2 Å². The van der Waals surface area contributed by atoms with Gasteiger partial charge in [0.25, 0.3) is 0 Å². The van der Waals surface area contributed by atoms with E-state index in [2.05, 4.69) is 6.92 Å². The molecule has 0 heterocycles. The molecule has 22 heavy (non-hydrogen) atoms. The Labute approximate surface area is 131 Å². The molecule has 0 spiro atoms. The van der Waals surface area contributed by atoms with Crippen molar-refractivity contribution in [3.05, 3.63) is 0 Å². The maximum atomic E-state index is 10.9. The van der Waals surface area contributed by atoms with Gasteiger partial charge in [-0.2, -0.15) is 0 Å². The Morgan fingerprint density at radius 1 is 0.909 bits per heavy atom. The Balaban J connectivity index is 0. The van der Waals surface area contributed by atoms with Crippen LogP contribution in [0.3, 0.4) is 0 Å². The molecular formula is C14H29O7P. The van der Waals surface area contributed by atoms with Gasteiger partial charge in [0.15, 0.2) is 0 Å². The Hall–Kier alpha value is -0.910. The van der Waals surface area contributed by atoms with Crippen molar-refractivity contribution in [3.8, 4) is 0 Å². The highest BCUT2D eigenvalue weighted by Crippen LogP contribution is 2.45. The summed E-state index contributed by atoms with van der Waals surface area (Å²) < 4.78 is 10.9. The summed E-state index contributed by atoms with van der Waals surface area (Å²) in [5.41, 5.74) is -0.413. The number of aliphatic carboxylic acids is 2. The standard InChI is InChI=1S/C8H19O3P.C6H10O4/c1-3-5-6-7-8(4-2)12(9,10)11;7-5(8)3-1-2-4-6(9)10/h8H,3-7H2,1-2H3,(H2,9,10,11);1-4H2,(H,7,8)(H,9,10). The predicted octanol–water partition coefficient (Wildman–Crippen LogP) is 3.24. The Morgan fingerprint density at radius 3 is 1.64 bits per heavy atom. The number of carboxylic acid groups (broad SMARTS) is 2. The van der Waals surface area contributed by atoms with E-state index in [0.717, 1.165) is 19.3 Å². The lowest BCUT2D eigenvalue weighted by Crippen LogP contribution is -2.06. The summed E-state index contributed by atoms with van der Waals surface area (Å²) in [4.78, 5) is 37.6. The average Bonchev–Trinajstić information content (AvgIpc) is 2.39. The first-order valence-corrected chi connectivity index (χ1v) is 9.32. The van der Waals surface area contributed by atoms with E-state index in [9.17, 15) is 14.2 Å². The molecule has 132 valence electrons. The fraction of sp³-hybridized carbons (Fsp3) is 0.857. The monoisotopic (exact) mass is 340 g/mol. The summed E-state index contributed by atoms with van der Waals surface area (Å²) in [5, 5.41) is 16.3. The van der Waals surface area contributed by atoms with Crippen molar-refractivity contribution in [1.82, 2.24) is 0 Å². The molecule has 0 amide bonds. The minimum atomic E-state index is -3.82. The topological polar surface area (TPSA) is 132 Å². The van der Waals surface area contributed by atoms with E-state index >= 15 is 0 Å². The van der Waals surface area contributed by atoms with Crippen LogP contribution in [0.2, 0.25) is 0 Å². The maximum Gasteiger partial charge on any atom is 0.328 e. The van der Waals surface area contributed by atoms with Crippen LogP contribution in [0.25, 0.3) is 0 Å². The Kier molecular flexibility index (Phi) is 14.6. The second-order valence-electron chi connectivity index (χ2n) is 5.14. The van der Waals surface area contributed by atoms with Gasteiger partial charge in [0, 0.05) is 12.8 Å². The molecule has 0 aromatic heterocycles. The summed E-state index contributed by atoms with van der Waals surface area (Å²) in [6.45, 7) is 3.91. The molecule has 0 aromatic rings. The molecule has 1 atom stereocenters. The molecule has 0 radical (unpaired) electrons. The van der Waals surface area contributed by atoms with Crippen LogP contribution in [0.5, 0.6) is 0 Å². The van der Waals surface area contributed by atoms with Gasteiger partial charge < -0.3 is 20.0 Å². The van der Waals surface area contributed by atoms with Crippen LogP contribution < -0.4 is 0 Å². The van der Waals surface area contributed by atoms with Gasteiger partial charge in [-0.05, 0) is 25.7 Å². The molecule has 4 N–H and O–H groups in total. The smallest absolute Gasteiger partial charge is 0.328 e. The third-order valence-corrected chi connectivity index (χ3v) is 4.69. The van der Waals surface area contributed by atoms with Crippen LogP contribution in [0, 0.1) is 0 Å². The quantitative estimate of drug-likeness (QED) is 0.335. The van der Waals surface area contributed by atoms with E-state index in [1.54, 1.807) is 0 Å². The van der Waals surface area contributed by atoms with Gasteiger partial charge in [-0.1, -0.05) is 33.1 Å². The molecule has 0 aliphatic carbocycles. The van der Waals surface area contributed by atoms with Gasteiger partial charge in [0.2, 0.25) is 0 Å². The zero-order chi connectivity index (χ0) is 17.6. The fourth-order valence-corrected chi connectivity index (χ4v) is 2.79. The van der Waals surface area contributed by atoms with E-state index in [1.165, 1.54) is 0 Å². The zero-order valence-electron chi connectivity index (χ0n) is 13.4. The van der Waals surface area contributed by atoms with Crippen molar-refractivity contribution < 1.29 is 34.2 Å². The normalized spacial score (nSPS) is 12.2. The van der Waals surface area contributed by atoms with E-state index in [0.29, 0.717) is 25.7 Å². The van der Waals surface area contributed by atoms with Crippen LogP contribution in [-0.4, -0.2) is 37.6 Å². The van der Waals surface area contributed by atoms with Gasteiger partial charge >= 0.3 is 19.5 Å². The van der Waals surface area contributed by atoms with E-state index in [4.69, 9.17) is 20.0 Å². The number of carbonyl (C=O) groups is 2. The molecule has 0 saturated heterocycles. The molecular weight excluding hydrogens is 311 g/mol. The average molecular weight is 340 g/mol. The minimum absolute atomic E-state index is 0.0628. The molecule has 1 unspecified atom stereocenters.